The summed E-state index contributed by atoms with van der Waals surface area (Å²) in [5.74, 6) is -0.00514. The number of amides is 1. The van der Waals surface area contributed by atoms with E-state index in [0.717, 1.165) is 68.9 Å². The minimum absolute atomic E-state index is 0.00514. The number of hydrogen-bond donors (Lipinski definition) is 3. The van der Waals surface area contributed by atoms with Gasteiger partial charge >= 0.3 is 0 Å². The summed E-state index contributed by atoms with van der Waals surface area (Å²) in [5, 5.41) is 18.9. The number of ether oxygens (including phenoxy) is 1. The van der Waals surface area contributed by atoms with Gasteiger partial charge in [-0.15, -0.1) is 11.3 Å². The third-order valence-corrected chi connectivity index (χ3v) is 6.96. The van der Waals surface area contributed by atoms with Gasteiger partial charge < -0.3 is 20.1 Å². The van der Waals surface area contributed by atoms with Crippen molar-refractivity contribution < 1.29 is 14.6 Å². The highest BCUT2D eigenvalue weighted by Crippen LogP contribution is 2.44. The van der Waals surface area contributed by atoms with E-state index in [-0.39, 0.29) is 18.1 Å². The van der Waals surface area contributed by atoms with Gasteiger partial charge in [0.25, 0.3) is 5.91 Å². The van der Waals surface area contributed by atoms with Crippen LogP contribution in [0.5, 0.6) is 0 Å². The topological polar surface area (TPSA) is 90.5 Å². The Morgan fingerprint density at radius 3 is 3.04 bits per heavy atom. The molecule has 2 aliphatic rings. The Bertz CT molecular complexity index is 781. The van der Waals surface area contributed by atoms with Crippen molar-refractivity contribution in [3.8, 4) is 0 Å². The molecule has 1 amide bonds. The van der Waals surface area contributed by atoms with Gasteiger partial charge in [0.2, 0.25) is 0 Å². The van der Waals surface area contributed by atoms with Crippen LogP contribution in [0.4, 0.5) is 0 Å². The minimum Gasteiger partial charge on any atom is -0.396 e. The molecule has 2 aromatic heterocycles. The van der Waals surface area contributed by atoms with Crippen LogP contribution >= 0.6 is 11.3 Å². The number of nitrogens with one attached hydrogen (secondary N) is 2. The molecule has 152 valence electrons. The van der Waals surface area contributed by atoms with Crippen LogP contribution in [0, 0.1) is 0 Å². The van der Waals surface area contributed by atoms with Gasteiger partial charge in [-0.3, -0.25) is 9.89 Å². The lowest BCUT2D eigenvalue weighted by Crippen LogP contribution is -2.46. The molecule has 2 aliphatic heterocycles. The van der Waals surface area contributed by atoms with E-state index in [2.05, 4.69) is 26.5 Å². The predicted octanol–water partition coefficient (Wildman–Crippen LogP) is 1.69. The van der Waals surface area contributed by atoms with Crippen LogP contribution < -0.4 is 5.32 Å². The molecule has 0 unspecified atom stereocenters. The second kappa shape index (κ2) is 8.73. The Kier molecular flexibility index (Phi) is 6.10. The number of aliphatic hydroxyl groups excluding tert-OH is 1. The van der Waals surface area contributed by atoms with Gasteiger partial charge in [0, 0.05) is 62.4 Å². The summed E-state index contributed by atoms with van der Waals surface area (Å²) < 4.78 is 6.30. The van der Waals surface area contributed by atoms with Gasteiger partial charge in [0.15, 0.2) is 0 Å². The van der Waals surface area contributed by atoms with Crippen LogP contribution in [-0.4, -0.2) is 65.5 Å². The molecule has 0 saturated carbocycles. The summed E-state index contributed by atoms with van der Waals surface area (Å²) in [6.45, 7) is 4.44. The lowest BCUT2D eigenvalue weighted by molar-refractivity contribution is -0.0973. The molecular formula is C20H28N4O3S. The highest BCUT2D eigenvalue weighted by atomic mass is 32.1. The zero-order valence-corrected chi connectivity index (χ0v) is 16.9. The number of aliphatic hydroxyl groups is 1. The first kappa shape index (κ1) is 19.6. The SMILES string of the molecule is O=C(NCCc1ccn[nH]1)c1cc2c(s1)CCOC21CCN(CCCO)CC1. The van der Waals surface area contributed by atoms with Gasteiger partial charge in [0.1, 0.15) is 0 Å². The van der Waals surface area contributed by atoms with E-state index in [1.807, 2.05) is 6.07 Å². The maximum atomic E-state index is 12.6. The van der Waals surface area contributed by atoms with Gasteiger partial charge in [0.05, 0.1) is 17.1 Å². The second-order valence-electron chi connectivity index (χ2n) is 7.55. The van der Waals surface area contributed by atoms with Crippen LogP contribution in [0.25, 0.3) is 0 Å². The van der Waals surface area contributed by atoms with E-state index in [1.165, 1.54) is 10.4 Å². The summed E-state index contributed by atoms with van der Waals surface area (Å²) >= 11 is 1.61. The average Bonchev–Trinajstić information content (AvgIpc) is 3.38. The molecule has 0 atom stereocenters. The molecule has 2 aromatic rings. The first-order valence-corrected chi connectivity index (χ1v) is 10.9. The van der Waals surface area contributed by atoms with Crippen molar-refractivity contribution >= 4 is 17.2 Å². The molecule has 4 heterocycles. The largest absolute Gasteiger partial charge is 0.396 e. The molecule has 0 radical (unpaired) electrons. The number of piperidine rings is 1. The Morgan fingerprint density at radius 1 is 1.43 bits per heavy atom. The highest BCUT2D eigenvalue weighted by Gasteiger charge is 2.42. The molecular weight excluding hydrogens is 376 g/mol. The molecule has 1 spiro atoms. The number of fused-ring (bicyclic) bond motifs is 2. The highest BCUT2D eigenvalue weighted by molar-refractivity contribution is 7.14. The number of carbonyl (C=O) groups excluding carboxylic acids is 1. The van der Waals surface area contributed by atoms with Crippen LogP contribution in [0.15, 0.2) is 18.3 Å². The molecule has 7 nitrogen and oxygen atoms in total. The fourth-order valence-corrected chi connectivity index (χ4v) is 5.34. The number of carbonyl (C=O) groups is 1. The van der Waals surface area contributed by atoms with Crippen molar-refractivity contribution in [1.29, 1.82) is 0 Å². The van der Waals surface area contributed by atoms with Crippen LogP contribution in [0.1, 0.15) is 45.1 Å². The number of nitrogens with zero attached hydrogens (tertiary/aromatic N) is 2. The summed E-state index contributed by atoms with van der Waals surface area (Å²) in [5.41, 5.74) is 2.00. The second-order valence-corrected chi connectivity index (χ2v) is 8.68. The normalized spacial score (nSPS) is 18.9. The molecule has 28 heavy (non-hydrogen) atoms. The number of aromatic nitrogens is 2. The smallest absolute Gasteiger partial charge is 0.261 e. The first-order valence-electron chi connectivity index (χ1n) is 10.1. The van der Waals surface area contributed by atoms with Crippen molar-refractivity contribution in [3.63, 3.8) is 0 Å². The molecule has 1 fully saturated rings. The number of likely N-dealkylation sites (tertiary alicyclic amines) is 1. The number of rotatable bonds is 7. The Morgan fingerprint density at radius 2 is 2.29 bits per heavy atom. The molecule has 1 saturated heterocycles. The van der Waals surface area contributed by atoms with E-state index in [9.17, 15) is 4.79 Å². The monoisotopic (exact) mass is 404 g/mol. The summed E-state index contributed by atoms with van der Waals surface area (Å²) in [4.78, 5) is 17.1. The number of H-pyrrole nitrogens is 1. The molecule has 0 bridgehead atoms. The summed E-state index contributed by atoms with van der Waals surface area (Å²) in [6, 6.07) is 3.98. The molecule has 3 N–H and O–H groups in total. The summed E-state index contributed by atoms with van der Waals surface area (Å²) in [6.07, 6.45) is 6.07. The number of thiophene rings is 1. The van der Waals surface area contributed by atoms with Gasteiger partial charge in [-0.05, 0) is 37.0 Å². The maximum absolute atomic E-state index is 12.6. The van der Waals surface area contributed by atoms with Gasteiger partial charge in [-0.2, -0.15) is 5.10 Å². The van der Waals surface area contributed by atoms with E-state index >= 15 is 0 Å². The Balaban J connectivity index is 1.40. The van der Waals surface area contributed by atoms with E-state index in [4.69, 9.17) is 9.84 Å². The average molecular weight is 405 g/mol. The molecule has 0 aromatic carbocycles. The lowest BCUT2D eigenvalue weighted by Gasteiger charge is -2.44. The maximum Gasteiger partial charge on any atom is 0.261 e. The van der Waals surface area contributed by atoms with Crippen LogP contribution in [-0.2, 0) is 23.2 Å². The van der Waals surface area contributed by atoms with Crippen LogP contribution in [0.3, 0.4) is 0 Å². The number of hydrogen-bond acceptors (Lipinski definition) is 6. The van der Waals surface area contributed by atoms with Crippen molar-refractivity contribution in [2.45, 2.75) is 37.7 Å². The Hall–Kier alpha value is -1.74. The van der Waals surface area contributed by atoms with Crippen molar-refractivity contribution in [3.05, 3.63) is 39.3 Å². The van der Waals surface area contributed by atoms with E-state index in [0.29, 0.717) is 6.54 Å². The fourth-order valence-electron chi connectivity index (χ4n) is 4.20. The predicted molar refractivity (Wildman–Crippen MR) is 108 cm³/mol. The standard InChI is InChI=1S/C20H28N4O3S/c25-12-1-9-24-10-5-20(6-11-24)16-14-18(28-17(16)4-13-27-20)19(26)21-7-2-15-3-8-22-23-15/h3,8,14,25H,1-2,4-7,9-13H2,(H,21,26)(H,22,23). The molecule has 4 rings (SSSR count). The minimum atomic E-state index is -0.242. The van der Waals surface area contributed by atoms with Crippen molar-refractivity contribution in [2.75, 3.05) is 39.4 Å². The van der Waals surface area contributed by atoms with Gasteiger partial charge in [-0.25, -0.2) is 0 Å². The fraction of sp³-hybridized carbons (Fsp3) is 0.600. The number of aromatic amines is 1. The summed E-state index contributed by atoms with van der Waals surface area (Å²) in [7, 11) is 0. The zero-order valence-electron chi connectivity index (χ0n) is 16.1. The quantitative estimate of drug-likeness (QED) is 0.653. The third-order valence-electron chi connectivity index (χ3n) is 5.77. The third kappa shape index (κ3) is 4.15. The zero-order chi connectivity index (χ0) is 19.4. The van der Waals surface area contributed by atoms with E-state index in [1.54, 1.807) is 17.5 Å². The van der Waals surface area contributed by atoms with E-state index < -0.39 is 0 Å². The lowest BCUT2D eigenvalue weighted by atomic mass is 9.82. The Labute approximate surface area is 169 Å². The first-order chi connectivity index (χ1) is 13.7. The molecule has 0 aliphatic carbocycles. The van der Waals surface area contributed by atoms with Crippen LogP contribution in [0.2, 0.25) is 0 Å². The van der Waals surface area contributed by atoms with Crippen molar-refractivity contribution in [1.82, 2.24) is 20.4 Å². The molecule has 8 heteroatoms. The van der Waals surface area contributed by atoms with Crippen molar-refractivity contribution in [2.24, 2.45) is 0 Å². The van der Waals surface area contributed by atoms with Gasteiger partial charge in [-0.1, -0.05) is 0 Å².